The summed E-state index contributed by atoms with van der Waals surface area (Å²) in [6, 6.07) is 13.1. The summed E-state index contributed by atoms with van der Waals surface area (Å²) in [6.45, 7) is 0.463. The van der Waals surface area contributed by atoms with Crippen molar-refractivity contribution in [2.24, 2.45) is 10.7 Å². The molecular weight excluding hydrogens is 257 g/mol. The Morgan fingerprint density at radius 1 is 1.15 bits per heavy atom. The molecule has 0 bridgehead atoms. The highest BCUT2D eigenvalue weighted by Crippen LogP contribution is 2.33. The number of halogens is 1. The van der Waals surface area contributed by atoms with Crippen molar-refractivity contribution >= 4 is 11.6 Å². The van der Waals surface area contributed by atoms with Crippen LogP contribution in [-0.2, 0) is 0 Å². The first kappa shape index (κ1) is 12.5. The Bertz CT molecular complexity index is 654. The number of benzene rings is 2. The number of rotatable bonds is 2. The monoisotopic (exact) mass is 271 g/mol. The van der Waals surface area contributed by atoms with E-state index in [1.807, 2.05) is 0 Å². The fraction of sp³-hybridized carbons (Fsp3) is 0.133. The van der Waals surface area contributed by atoms with Gasteiger partial charge in [0.05, 0.1) is 18.3 Å². The lowest BCUT2D eigenvalue weighted by Gasteiger charge is -2.27. The second-order valence-electron chi connectivity index (χ2n) is 4.63. The maximum atomic E-state index is 14.0. The van der Waals surface area contributed by atoms with E-state index in [-0.39, 0.29) is 17.6 Å². The Labute approximate surface area is 116 Å². The number of para-hydroxylation sites is 1. The molecule has 2 aromatic carbocycles. The van der Waals surface area contributed by atoms with Crippen LogP contribution in [0, 0.1) is 5.82 Å². The molecule has 3 rings (SSSR count). The molecule has 0 saturated carbocycles. The van der Waals surface area contributed by atoms with Gasteiger partial charge in [-0.15, -0.1) is 0 Å². The summed E-state index contributed by atoms with van der Waals surface area (Å²) in [7, 11) is 0. The number of anilines is 1. The maximum absolute atomic E-state index is 14.0. The molecule has 20 heavy (non-hydrogen) atoms. The van der Waals surface area contributed by atoms with E-state index in [2.05, 4.69) is 4.99 Å². The molecule has 0 amide bonds. The number of nitrogens with two attached hydrogens (primary N) is 1. The molecule has 3 N–H and O–H groups in total. The second kappa shape index (κ2) is 4.85. The number of aliphatic imine (C=N–C) groups is 1. The summed E-state index contributed by atoms with van der Waals surface area (Å²) in [5.74, 6) is 0.155. The zero-order chi connectivity index (χ0) is 14.1. The van der Waals surface area contributed by atoms with Gasteiger partial charge in [0.1, 0.15) is 11.6 Å². The van der Waals surface area contributed by atoms with Crippen molar-refractivity contribution in [3.05, 3.63) is 59.9 Å². The standard InChI is InChI=1S/C15H14FN3O/c16-12-3-1-2-4-13(12)19-14(9-18-15(19)17)10-5-7-11(20)8-6-10/h1-8,14,20H,9H2,(H2,17,18). The summed E-state index contributed by atoms with van der Waals surface area (Å²) < 4.78 is 14.0. The van der Waals surface area contributed by atoms with Gasteiger partial charge in [0, 0.05) is 0 Å². The van der Waals surface area contributed by atoms with Crippen molar-refractivity contribution in [1.82, 2.24) is 0 Å². The molecule has 0 saturated heterocycles. The molecule has 5 heteroatoms. The first-order valence-corrected chi connectivity index (χ1v) is 6.29. The fourth-order valence-corrected chi connectivity index (χ4v) is 2.39. The number of aromatic hydroxyl groups is 1. The lowest BCUT2D eigenvalue weighted by Crippen LogP contribution is -2.36. The first-order chi connectivity index (χ1) is 9.66. The van der Waals surface area contributed by atoms with Crippen molar-refractivity contribution in [3.8, 4) is 5.75 Å². The van der Waals surface area contributed by atoms with Gasteiger partial charge in [-0.25, -0.2) is 4.39 Å². The van der Waals surface area contributed by atoms with E-state index in [0.29, 0.717) is 18.2 Å². The highest BCUT2D eigenvalue weighted by atomic mass is 19.1. The van der Waals surface area contributed by atoms with Crippen LogP contribution in [0.25, 0.3) is 0 Å². The third kappa shape index (κ3) is 2.07. The highest BCUT2D eigenvalue weighted by molar-refractivity contribution is 5.97. The van der Waals surface area contributed by atoms with Crippen molar-refractivity contribution in [2.45, 2.75) is 6.04 Å². The fourth-order valence-electron chi connectivity index (χ4n) is 2.39. The van der Waals surface area contributed by atoms with Gasteiger partial charge >= 0.3 is 0 Å². The molecule has 1 atom stereocenters. The van der Waals surface area contributed by atoms with Gasteiger partial charge in [0.25, 0.3) is 0 Å². The van der Waals surface area contributed by atoms with Crippen molar-refractivity contribution < 1.29 is 9.50 Å². The van der Waals surface area contributed by atoms with Crippen LogP contribution in [0.4, 0.5) is 10.1 Å². The van der Waals surface area contributed by atoms with Gasteiger partial charge in [0.2, 0.25) is 0 Å². The SMILES string of the molecule is NC1=NCC(c2ccc(O)cc2)N1c1ccccc1F. The van der Waals surface area contributed by atoms with Crippen LogP contribution in [0.5, 0.6) is 5.75 Å². The molecule has 0 fully saturated rings. The van der Waals surface area contributed by atoms with Crippen LogP contribution >= 0.6 is 0 Å². The van der Waals surface area contributed by atoms with Crippen LogP contribution in [0.3, 0.4) is 0 Å². The third-order valence-electron chi connectivity index (χ3n) is 3.37. The quantitative estimate of drug-likeness (QED) is 0.881. The molecule has 1 unspecified atom stereocenters. The summed E-state index contributed by atoms with van der Waals surface area (Å²) in [4.78, 5) is 5.89. The van der Waals surface area contributed by atoms with E-state index in [4.69, 9.17) is 5.73 Å². The average Bonchev–Trinajstić information content (AvgIpc) is 2.82. The van der Waals surface area contributed by atoms with Crippen molar-refractivity contribution in [3.63, 3.8) is 0 Å². The zero-order valence-corrected chi connectivity index (χ0v) is 10.7. The Morgan fingerprint density at radius 3 is 2.55 bits per heavy atom. The lowest BCUT2D eigenvalue weighted by atomic mass is 10.1. The largest absolute Gasteiger partial charge is 0.508 e. The first-order valence-electron chi connectivity index (χ1n) is 6.29. The van der Waals surface area contributed by atoms with Crippen molar-refractivity contribution in [1.29, 1.82) is 0 Å². The predicted octanol–water partition coefficient (Wildman–Crippen LogP) is 2.41. The minimum absolute atomic E-state index is 0.160. The smallest absolute Gasteiger partial charge is 0.196 e. The van der Waals surface area contributed by atoms with Gasteiger partial charge in [-0.2, -0.15) is 0 Å². The summed E-state index contributed by atoms with van der Waals surface area (Å²) in [5.41, 5.74) is 7.23. The molecule has 0 spiro atoms. The van der Waals surface area contributed by atoms with Crippen LogP contribution in [-0.4, -0.2) is 17.6 Å². The van der Waals surface area contributed by atoms with E-state index in [1.54, 1.807) is 47.4 Å². The number of guanidine groups is 1. The van der Waals surface area contributed by atoms with E-state index >= 15 is 0 Å². The minimum atomic E-state index is -0.337. The van der Waals surface area contributed by atoms with E-state index in [0.717, 1.165) is 5.56 Å². The number of phenols is 1. The Hall–Kier alpha value is -2.56. The molecule has 0 aromatic heterocycles. The summed E-state index contributed by atoms with van der Waals surface area (Å²) >= 11 is 0. The number of hydrogen-bond donors (Lipinski definition) is 2. The number of phenolic OH excluding ortho intramolecular Hbond substituents is 1. The minimum Gasteiger partial charge on any atom is -0.508 e. The van der Waals surface area contributed by atoms with Gasteiger partial charge in [-0.1, -0.05) is 24.3 Å². The van der Waals surface area contributed by atoms with Crippen LogP contribution in [0.15, 0.2) is 53.5 Å². The summed E-state index contributed by atoms with van der Waals surface area (Å²) in [6.07, 6.45) is 0. The number of hydrogen-bond acceptors (Lipinski definition) is 4. The third-order valence-corrected chi connectivity index (χ3v) is 3.37. The zero-order valence-electron chi connectivity index (χ0n) is 10.7. The molecule has 1 heterocycles. The van der Waals surface area contributed by atoms with Gasteiger partial charge in [0.15, 0.2) is 5.96 Å². The van der Waals surface area contributed by atoms with Crippen LogP contribution in [0.2, 0.25) is 0 Å². The van der Waals surface area contributed by atoms with Gasteiger partial charge in [-0.05, 0) is 29.8 Å². The lowest BCUT2D eigenvalue weighted by molar-refractivity contribution is 0.475. The molecule has 4 nitrogen and oxygen atoms in total. The topological polar surface area (TPSA) is 61.9 Å². The molecule has 0 radical (unpaired) electrons. The predicted molar refractivity (Wildman–Crippen MR) is 76.2 cm³/mol. The van der Waals surface area contributed by atoms with Gasteiger partial charge < -0.3 is 15.7 Å². The normalized spacial score (nSPS) is 18.1. The molecule has 1 aliphatic heterocycles. The molecule has 2 aromatic rings. The Kier molecular flexibility index (Phi) is 3.02. The van der Waals surface area contributed by atoms with Gasteiger partial charge in [-0.3, -0.25) is 4.99 Å². The highest BCUT2D eigenvalue weighted by Gasteiger charge is 2.30. The molecular formula is C15H14FN3O. The van der Waals surface area contributed by atoms with E-state index < -0.39 is 0 Å². The maximum Gasteiger partial charge on any atom is 0.196 e. The molecule has 0 aliphatic carbocycles. The van der Waals surface area contributed by atoms with Crippen molar-refractivity contribution in [2.75, 3.05) is 11.4 Å². The molecule has 102 valence electrons. The van der Waals surface area contributed by atoms with Crippen LogP contribution < -0.4 is 10.6 Å². The second-order valence-corrected chi connectivity index (χ2v) is 4.63. The van der Waals surface area contributed by atoms with E-state index in [9.17, 15) is 9.50 Å². The average molecular weight is 271 g/mol. The van der Waals surface area contributed by atoms with Crippen LogP contribution in [0.1, 0.15) is 11.6 Å². The van der Waals surface area contributed by atoms with E-state index in [1.165, 1.54) is 6.07 Å². The Morgan fingerprint density at radius 2 is 1.85 bits per heavy atom. The molecule has 1 aliphatic rings. The number of nitrogens with zero attached hydrogens (tertiary/aromatic N) is 2. The Balaban J connectivity index is 2.01. The summed E-state index contributed by atoms with van der Waals surface area (Å²) in [5, 5.41) is 9.35.